The van der Waals surface area contributed by atoms with E-state index in [9.17, 15) is 8.42 Å². The lowest BCUT2D eigenvalue weighted by molar-refractivity contribution is 0.0375. The average Bonchev–Trinajstić information content (AvgIpc) is 2.59. The molecule has 0 N–H and O–H groups in total. The molecule has 2 atom stereocenters. The van der Waals surface area contributed by atoms with Gasteiger partial charge in [0.15, 0.2) is 0 Å². The Morgan fingerprint density at radius 1 is 1.00 bits per heavy atom. The Bertz CT molecular complexity index is 738. The number of nitrogens with zero attached hydrogens (tertiary/aromatic N) is 1. The summed E-state index contributed by atoms with van der Waals surface area (Å²) in [7, 11) is -3.46. The number of hydrogen-bond donors (Lipinski definition) is 0. The summed E-state index contributed by atoms with van der Waals surface area (Å²) in [6, 6.07) is 20.8. The van der Waals surface area contributed by atoms with Crippen LogP contribution < -0.4 is 0 Å². The first-order valence-corrected chi connectivity index (χ1v) is 10.5. The van der Waals surface area contributed by atoms with E-state index in [4.69, 9.17) is 4.18 Å². The van der Waals surface area contributed by atoms with Crippen molar-refractivity contribution in [2.75, 3.05) is 19.3 Å². The van der Waals surface area contributed by atoms with Gasteiger partial charge < -0.3 is 0 Å². The summed E-state index contributed by atoms with van der Waals surface area (Å²) in [6.07, 6.45) is 1.74. The van der Waals surface area contributed by atoms with Crippen molar-refractivity contribution in [1.29, 1.82) is 0 Å². The predicted octanol–water partition coefficient (Wildman–Crippen LogP) is 3.46. The summed E-state index contributed by atoms with van der Waals surface area (Å²) >= 11 is 0. The lowest BCUT2D eigenvalue weighted by Gasteiger charge is -2.41. The van der Waals surface area contributed by atoms with Gasteiger partial charge in [-0.3, -0.25) is 9.08 Å². The highest BCUT2D eigenvalue weighted by molar-refractivity contribution is 7.86. The first-order chi connectivity index (χ1) is 11.9. The Balaban J connectivity index is 1.91. The van der Waals surface area contributed by atoms with E-state index < -0.39 is 10.1 Å². The summed E-state index contributed by atoms with van der Waals surface area (Å²) in [5, 5.41) is 0. The molecule has 2 aromatic carbocycles. The second kappa shape index (κ2) is 7.68. The number of piperidine rings is 1. The Morgan fingerprint density at radius 2 is 1.52 bits per heavy atom. The van der Waals surface area contributed by atoms with Crippen LogP contribution in [0.4, 0.5) is 0 Å². The minimum atomic E-state index is -3.46. The molecule has 1 heterocycles. The largest absolute Gasteiger partial charge is 0.290 e. The zero-order valence-electron chi connectivity index (χ0n) is 14.7. The lowest BCUT2D eigenvalue weighted by Crippen LogP contribution is -2.46. The van der Waals surface area contributed by atoms with Crippen molar-refractivity contribution in [2.24, 2.45) is 5.92 Å². The normalized spacial score (nSPS) is 22.2. The molecule has 0 aliphatic carbocycles. The van der Waals surface area contributed by atoms with Gasteiger partial charge in [-0.05, 0) is 30.0 Å². The van der Waals surface area contributed by atoms with Crippen LogP contribution in [-0.2, 0) is 14.3 Å². The molecule has 1 saturated heterocycles. The number of rotatable bonds is 5. The topological polar surface area (TPSA) is 46.6 Å². The molecule has 3 rings (SSSR count). The fraction of sp³-hybridized carbons (Fsp3) is 0.400. The van der Waals surface area contributed by atoms with E-state index in [1.807, 2.05) is 36.4 Å². The maximum atomic E-state index is 11.6. The van der Waals surface area contributed by atoms with Crippen molar-refractivity contribution in [3.05, 3.63) is 71.8 Å². The van der Waals surface area contributed by atoms with Crippen LogP contribution in [0.2, 0.25) is 0 Å². The molecule has 1 aliphatic rings. The summed E-state index contributed by atoms with van der Waals surface area (Å²) in [5.41, 5.74) is 2.42. The van der Waals surface area contributed by atoms with Crippen LogP contribution >= 0.6 is 0 Å². The zero-order valence-corrected chi connectivity index (χ0v) is 15.5. The summed E-state index contributed by atoms with van der Waals surface area (Å²) in [6.45, 7) is 3.58. The number of likely N-dealkylation sites (tertiary alicyclic amines) is 1. The fourth-order valence-electron chi connectivity index (χ4n) is 3.53. The molecular formula is C20H25NO3S. The standard InChI is InChI=1S/C20H25NO3S/c1-16-13-14-21(15-19(16)24-25(2,22)23)20(17-9-5-3-6-10-17)18-11-7-4-8-12-18/h3-12,16,19-20H,13-15H2,1-2H3. The predicted molar refractivity (Wildman–Crippen MR) is 99.8 cm³/mol. The maximum absolute atomic E-state index is 11.6. The molecule has 0 aromatic heterocycles. The molecule has 0 amide bonds. The molecule has 0 radical (unpaired) electrons. The van der Waals surface area contributed by atoms with Crippen LogP contribution in [-0.4, -0.2) is 38.8 Å². The van der Waals surface area contributed by atoms with Crippen LogP contribution in [0.15, 0.2) is 60.7 Å². The zero-order chi connectivity index (χ0) is 17.9. The van der Waals surface area contributed by atoms with Gasteiger partial charge in [0.05, 0.1) is 18.4 Å². The summed E-state index contributed by atoms with van der Waals surface area (Å²) in [5.74, 6) is 0.221. The Labute approximate surface area is 150 Å². The molecule has 134 valence electrons. The molecule has 4 nitrogen and oxygen atoms in total. The quantitative estimate of drug-likeness (QED) is 0.767. The van der Waals surface area contributed by atoms with Crippen molar-refractivity contribution < 1.29 is 12.6 Å². The minimum absolute atomic E-state index is 0.0977. The molecule has 5 heteroatoms. The van der Waals surface area contributed by atoms with E-state index in [2.05, 4.69) is 36.1 Å². The van der Waals surface area contributed by atoms with Crippen molar-refractivity contribution in [2.45, 2.75) is 25.5 Å². The Morgan fingerprint density at radius 3 is 2.00 bits per heavy atom. The van der Waals surface area contributed by atoms with Crippen LogP contribution in [0.5, 0.6) is 0 Å². The molecular weight excluding hydrogens is 334 g/mol. The van der Waals surface area contributed by atoms with Crippen molar-refractivity contribution >= 4 is 10.1 Å². The highest BCUT2D eigenvalue weighted by atomic mass is 32.2. The van der Waals surface area contributed by atoms with E-state index in [0.29, 0.717) is 6.54 Å². The van der Waals surface area contributed by atoms with Gasteiger partial charge in [-0.2, -0.15) is 8.42 Å². The van der Waals surface area contributed by atoms with E-state index in [0.717, 1.165) is 19.2 Å². The van der Waals surface area contributed by atoms with Crippen molar-refractivity contribution in [3.63, 3.8) is 0 Å². The third kappa shape index (κ3) is 4.69. The fourth-order valence-corrected chi connectivity index (χ4v) is 4.23. The van der Waals surface area contributed by atoms with Gasteiger partial charge in [0, 0.05) is 6.54 Å². The van der Waals surface area contributed by atoms with Crippen LogP contribution in [0.1, 0.15) is 30.5 Å². The first-order valence-electron chi connectivity index (χ1n) is 8.66. The molecule has 1 fully saturated rings. The van der Waals surface area contributed by atoms with Gasteiger partial charge in [0.25, 0.3) is 10.1 Å². The van der Waals surface area contributed by atoms with Gasteiger partial charge in [0.1, 0.15) is 0 Å². The lowest BCUT2D eigenvalue weighted by atomic mass is 9.90. The van der Waals surface area contributed by atoms with E-state index in [1.54, 1.807) is 0 Å². The average molecular weight is 359 g/mol. The highest BCUT2D eigenvalue weighted by Crippen LogP contribution is 2.33. The van der Waals surface area contributed by atoms with E-state index >= 15 is 0 Å². The third-order valence-electron chi connectivity index (χ3n) is 4.81. The molecule has 0 spiro atoms. The van der Waals surface area contributed by atoms with Crippen LogP contribution in [0, 0.1) is 5.92 Å². The monoisotopic (exact) mass is 359 g/mol. The molecule has 25 heavy (non-hydrogen) atoms. The molecule has 0 saturated carbocycles. The molecule has 1 aliphatic heterocycles. The molecule has 2 aromatic rings. The second-order valence-electron chi connectivity index (χ2n) is 6.82. The number of hydrogen-bond acceptors (Lipinski definition) is 4. The van der Waals surface area contributed by atoms with Gasteiger partial charge in [-0.25, -0.2) is 0 Å². The minimum Gasteiger partial charge on any atom is -0.290 e. The SMILES string of the molecule is CC1CCN(C(c2ccccc2)c2ccccc2)CC1OS(C)(=O)=O. The van der Waals surface area contributed by atoms with E-state index in [1.165, 1.54) is 11.1 Å². The molecule has 0 bridgehead atoms. The van der Waals surface area contributed by atoms with Gasteiger partial charge >= 0.3 is 0 Å². The van der Waals surface area contributed by atoms with Crippen molar-refractivity contribution in [1.82, 2.24) is 4.90 Å². The Kier molecular flexibility index (Phi) is 5.57. The van der Waals surface area contributed by atoms with Crippen molar-refractivity contribution in [3.8, 4) is 0 Å². The van der Waals surface area contributed by atoms with Crippen LogP contribution in [0.25, 0.3) is 0 Å². The van der Waals surface area contributed by atoms with Gasteiger partial charge in [-0.1, -0.05) is 67.6 Å². The summed E-state index contributed by atoms with van der Waals surface area (Å²) in [4.78, 5) is 2.33. The molecule has 2 unspecified atom stereocenters. The number of benzene rings is 2. The van der Waals surface area contributed by atoms with Gasteiger partial charge in [0.2, 0.25) is 0 Å². The van der Waals surface area contributed by atoms with E-state index in [-0.39, 0.29) is 18.1 Å². The van der Waals surface area contributed by atoms with Gasteiger partial charge in [-0.15, -0.1) is 0 Å². The van der Waals surface area contributed by atoms with Crippen LogP contribution in [0.3, 0.4) is 0 Å². The third-order valence-corrected chi connectivity index (χ3v) is 5.41. The Hall–Kier alpha value is -1.69. The highest BCUT2D eigenvalue weighted by Gasteiger charge is 2.34. The first kappa shape index (κ1) is 18.1. The smallest absolute Gasteiger partial charge is 0.264 e. The second-order valence-corrected chi connectivity index (χ2v) is 8.42. The maximum Gasteiger partial charge on any atom is 0.264 e. The summed E-state index contributed by atoms with van der Waals surface area (Å²) < 4.78 is 28.6.